The van der Waals surface area contributed by atoms with Gasteiger partial charge in [0.05, 0.1) is 10.5 Å². The molecular weight excluding hydrogens is 377 g/mol. The van der Waals surface area contributed by atoms with Crippen LogP contribution in [-0.2, 0) is 22.7 Å². The van der Waals surface area contributed by atoms with E-state index in [0.717, 1.165) is 24.2 Å². The molecule has 0 spiro atoms. The molecule has 0 radical (unpaired) electrons. The minimum Gasteiger partial charge on any atom is -0.294 e. The minimum absolute atomic E-state index is 0.116. The van der Waals surface area contributed by atoms with Gasteiger partial charge in [0.25, 0.3) is 0 Å². The lowest BCUT2D eigenvalue weighted by Gasteiger charge is -2.43. The van der Waals surface area contributed by atoms with Gasteiger partial charge in [-0.2, -0.15) is 17.5 Å². The van der Waals surface area contributed by atoms with E-state index in [1.165, 1.54) is 16.4 Å². The molecule has 0 aromatic heterocycles. The molecule has 27 heavy (non-hydrogen) atoms. The second-order valence-corrected chi connectivity index (χ2v) is 9.02. The number of nitrogens with zero attached hydrogens (tertiary/aromatic N) is 2. The van der Waals surface area contributed by atoms with Crippen molar-refractivity contribution in [3.63, 3.8) is 0 Å². The summed E-state index contributed by atoms with van der Waals surface area (Å²) in [7, 11) is -3.50. The average Bonchev–Trinajstić information content (AvgIpc) is 2.98. The molecule has 0 unspecified atom stereocenters. The molecule has 144 valence electrons. The highest BCUT2D eigenvalue weighted by molar-refractivity contribution is 7.89. The van der Waals surface area contributed by atoms with Gasteiger partial charge in [0.2, 0.25) is 10.0 Å². The van der Waals surface area contributed by atoms with E-state index >= 15 is 0 Å². The van der Waals surface area contributed by atoms with E-state index in [9.17, 15) is 21.6 Å². The third kappa shape index (κ3) is 3.49. The largest absolute Gasteiger partial charge is 0.416 e. The molecule has 2 aromatic rings. The zero-order chi connectivity index (χ0) is 19.2. The molecular formula is C19H19F3N2O2S. The predicted molar refractivity (Wildman–Crippen MR) is 94.3 cm³/mol. The Balaban J connectivity index is 1.41. The number of benzene rings is 2. The van der Waals surface area contributed by atoms with Crippen LogP contribution < -0.4 is 0 Å². The first-order chi connectivity index (χ1) is 12.7. The van der Waals surface area contributed by atoms with Gasteiger partial charge in [-0.25, -0.2) is 8.42 Å². The van der Waals surface area contributed by atoms with Crippen LogP contribution in [0.3, 0.4) is 0 Å². The third-order valence-corrected chi connectivity index (χ3v) is 7.20. The normalized spacial score (nSPS) is 23.8. The molecule has 2 aromatic carbocycles. The standard InChI is InChI=1S/C19H19F3N2O2S/c20-19(21,22)16-8-6-14(7-9-16)10-23-11-15-12-24(13-18(15)23)27(25,26)17-4-2-1-3-5-17/h1-9,15,18H,10-13H2/t15-,18+/m0/s1. The molecule has 2 aliphatic rings. The van der Waals surface area contributed by atoms with Gasteiger partial charge >= 0.3 is 6.18 Å². The van der Waals surface area contributed by atoms with Crippen molar-refractivity contribution >= 4 is 10.0 Å². The summed E-state index contributed by atoms with van der Waals surface area (Å²) in [5.41, 5.74) is 0.138. The maximum Gasteiger partial charge on any atom is 0.416 e. The SMILES string of the molecule is O=S(=O)(c1ccccc1)N1C[C@@H]2CN(Cc3ccc(C(F)(F)F)cc3)[C@@H]2C1. The Morgan fingerprint density at radius 3 is 2.22 bits per heavy atom. The van der Waals surface area contributed by atoms with Crippen LogP contribution >= 0.6 is 0 Å². The highest BCUT2D eigenvalue weighted by Gasteiger charge is 2.48. The van der Waals surface area contributed by atoms with Crippen LogP contribution in [0.2, 0.25) is 0 Å². The van der Waals surface area contributed by atoms with E-state index < -0.39 is 21.8 Å². The van der Waals surface area contributed by atoms with E-state index in [-0.39, 0.29) is 12.0 Å². The van der Waals surface area contributed by atoms with Crippen molar-refractivity contribution in [3.8, 4) is 0 Å². The van der Waals surface area contributed by atoms with Gasteiger partial charge in [0.15, 0.2) is 0 Å². The van der Waals surface area contributed by atoms with Crippen molar-refractivity contribution in [2.75, 3.05) is 19.6 Å². The van der Waals surface area contributed by atoms with Gasteiger partial charge < -0.3 is 0 Å². The minimum atomic E-state index is -4.34. The summed E-state index contributed by atoms with van der Waals surface area (Å²) >= 11 is 0. The Labute approximate surface area is 156 Å². The second kappa shape index (κ2) is 6.61. The summed E-state index contributed by atoms with van der Waals surface area (Å²) in [6, 6.07) is 13.6. The lowest BCUT2D eigenvalue weighted by atomic mass is 9.91. The highest BCUT2D eigenvalue weighted by atomic mass is 32.2. The summed E-state index contributed by atoms with van der Waals surface area (Å²) in [4.78, 5) is 2.42. The predicted octanol–water partition coefficient (Wildman–Crippen LogP) is 3.21. The first kappa shape index (κ1) is 18.5. The summed E-state index contributed by atoms with van der Waals surface area (Å²) < 4.78 is 65.0. The van der Waals surface area contributed by atoms with Crippen LogP contribution in [0.5, 0.6) is 0 Å². The topological polar surface area (TPSA) is 40.6 Å². The van der Waals surface area contributed by atoms with Crippen LogP contribution in [0.15, 0.2) is 59.5 Å². The monoisotopic (exact) mass is 396 g/mol. The van der Waals surface area contributed by atoms with Crippen molar-refractivity contribution in [1.82, 2.24) is 9.21 Å². The van der Waals surface area contributed by atoms with E-state index in [0.29, 0.717) is 24.5 Å². The number of sulfonamides is 1. The number of likely N-dealkylation sites (tertiary alicyclic amines) is 1. The zero-order valence-corrected chi connectivity index (χ0v) is 15.2. The third-order valence-electron chi connectivity index (χ3n) is 5.36. The van der Waals surface area contributed by atoms with E-state index in [2.05, 4.69) is 4.90 Å². The molecule has 0 saturated carbocycles. The number of fused-ring (bicyclic) bond motifs is 1. The molecule has 0 N–H and O–H groups in total. The summed E-state index contributed by atoms with van der Waals surface area (Å²) in [5.74, 6) is 0.276. The lowest BCUT2D eigenvalue weighted by Crippen LogP contribution is -2.54. The summed E-state index contributed by atoms with van der Waals surface area (Å²) in [5, 5.41) is 0. The van der Waals surface area contributed by atoms with Crippen LogP contribution in [0.4, 0.5) is 13.2 Å². The van der Waals surface area contributed by atoms with Gasteiger partial charge in [-0.1, -0.05) is 30.3 Å². The fraction of sp³-hybridized carbons (Fsp3) is 0.368. The Bertz CT molecular complexity index is 914. The van der Waals surface area contributed by atoms with E-state index in [4.69, 9.17) is 0 Å². The van der Waals surface area contributed by atoms with Crippen molar-refractivity contribution < 1.29 is 21.6 Å². The maximum absolute atomic E-state index is 12.8. The Kier molecular flexibility index (Phi) is 4.52. The maximum atomic E-state index is 12.8. The van der Waals surface area contributed by atoms with Crippen molar-refractivity contribution in [2.24, 2.45) is 5.92 Å². The highest BCUT2D eigenvalue weighted by Crippen LogP contribution is 2.36. The van der Waals surface area contributed by atoms with Gasteiger partial charge in [0, 0.05) is 38.1 Å². The van der Waals surface area contributed by atoms with Crippen LogP contribution in [0.25, 0.3) is 0 Å². The number of hydrogen-bond donors (Lipinski definition) is 0. The van der Waals surface area contributed by atoms with Crippen molar-refractivity contribution in [1.29, 1.82) is 0 Å². The molecule has 4 nitrogen and oxygen atoms in total. The fourth-order valence-electron chi connectivity index (χ4n) is 3.86. The Morgan fingerprint density at radius 2 is 1.59 bits per heavy atom. The molecule has 2 aliphatic heterocycles. The van der Waals surface area contributed by atoms with Crippen LogP contribution in [0, 0.1) is 5.92 Å². The Morgan fingerprint density at radius 1 is 0.926 bits per heavy atom. The molecule has 2 saturated heterocycles. The Hall–Kier alpha value is -1.90. The average molecular weight is 396 g/mol. The quantitative estimate of drug-likeness (QED) is 0.797. The van der Waals surface area contributed by atoms with Crippen LogP contribution in [0.1, 0.15) is 11.1 Å². The molecule has 2 atom stereocenters. The van der Waals surface area contributed by atoms with Crippen molar-refractivity contribution in [2.45, 2.75) is 23.7 Å². The number of hydrogen-bond acceptors (Lipinski definition) is 3. The summed E-state index contributed by atoms with van der Waals surface area (Å²) in [6.07, 6.45) is -4.34. The molecule has 0 aliphatic carbocycles. The first-order valence-corrected chi connectivity index (χ1v) is 10.1. The van der Waals surface area contributed by atoms with Crippen molar-refractivity contribution in [3.05, 3.63) is 65.7 Å². The van der Waals surface area contributed by atoms with Gasteiger partial charge in [-0.05, 0) is 29.8 Å². The number of halogens is 3. The molecule has 2 fully saturated rings. The second-order valence-electron chi connectivity index (χ2n) is 7.09. The fourth-order valence-corrected chi connectivity index (χ4v) is 5.40. The molecule has 2 heterocycles. The number of rotatable bonds is 4. The molecule has 4 rings (SSSR count). The summed E-state index contributed by atoms with van der Waals surface area (Å²) in [6.45, 7) is 2.19. The van der Waals surface area contributed by atoms with E-state index in [1.54, 1.807) is 30.3 Å². The lowest BCUT2D eigenvalue weighted by molar-refractivity contribution is -0.137. The molecule has 8 heteroatoms. The molecule has 0 amide bonds. The van der Waals surface area contributed by atoms with Gasteiger partial charge in [0.1, 0.15) is 0 Å². The smallest absolute Gasteiger partial charge is 0.294 e. The molecule has 0 bridgehead atoms. The zero-order valence-electron chi connectivity index (χ0n) is 14.4. The number of alkyl halides is 3. The first-order valence-electron chi connectivity index (χ1n) is 8.70. The van der Waals surface area contributed by atoms with Gasteiger partial charge in [-0.3, -0.25) is 4.90 Å². The van der Waals surface area contributed by atoms with E-state index in [1.807, 2.05) is 0 Å². The van der Waals surface area contributed by atoms with Crippen LogP contribution in [-0.4, -0.2) is 43.3 Å². The van der Waals surface area contributed by atoms with Gasteiger partial charge in [-0.15, -0.1) is 0 Å².